The summed E-state index contributed by atoms with van der Waals surface area (Å²) in [6, 6.07) is 12.0. The summed E-state index contributed by atoms with van der Waals surface area (Å²) in [5.41, 5.74) is 3.23. The van der Waals surface area contributed by atoms with Crippen molar-refractivity contribution in [2.45, 2.75) is 33.1 Å². The summed E-state index contributed by atoms with van der Waals surface area (Å²) < 4.78 is 5.26. The molecule has 0 spiro atoms. The lowest BCUT2D eigenvalue weighted by Crippen LogP contribution is -2.30. The first-order chi connectivity index (χ1) is 11.7. The maximum Gasteiger partial charge on any atom is 0.340 e. The number of hydrogen-bond acceptors (Lipinski definition) is 4. The molecule has 4 heteroatoms. The van der Waals surface area contributed by atoms with E-state index in [0.717, 1.165) is 35.7 Å². The van der Waals surface area contributed by atoms with E-state index in [1.54, 1.807) is 0 Å². The summed E-state index contributed by atoms with van der Waals surface area (Å²) in [7, 11) is 0. The number of rotatable bonds is 4. The molecule has 4 nitrogen and oxygen atoms in total. The predicted molar refractivity (Wildman–Crippen MR) is 96.4 cm³/mol. The van der Waals surface area contributed by atoms with Crippen molar-refractivity contribution in [3.8, 4) is 11.1 Å². The number of pyridine rings is 1. The van der Waals surface area contributed by atoms with E-state index in [9.17, 15) is 4.79 Å². The highest BCUT2D eigenvalue weighted by Crippen LogP contribution is 2.31. The first-order valence-electron chi connectivity index (χ1n) is 8.70. The van der Waals surface area contributed by atoms with E-state index in [0.29, 0.717) is 12.2 Å². The van der Waals surface area contributed by atoms with Crippen molar-refractivity contribution in [1.29, 1.82) is 0 Å². The third-order valence-electron chi connectivity index (χ3n) is 4.43. The summed E-state index contributed by atoms with van der Waals surface area (Å²) in [6.45, 7) is 6.14. The molecule has 1 fully saturated rings. The first-order valence-corrected chi connectivity index (χ1v) is 8.70. The molecule has 2 aromatic rings. The number of aryl methyl sites for hydroxylation is 1. The molecule has 3 rings (SSSR count). The zero-order valence-corrected chi connectivity index (χ0v) is 14.4. The van der Waals surface area contributed by atoms with Crippen molar-refractivity contribution in [3.63, 3.8) is 0 Å². The molecule has 1 aromatic heterocycles. The molecule has 0 bridgehead atoms. The van der Waals surface area contributed by atoms with Gasteiger partial charge in [0.2, 0.25) is 0 Å². The van der Waals surface area contributed by atoms with Gasteiger partial charge in [0.25, 0.3) is 0 Å². The molecule has 0 N–H and O–H groups in total. The van der Waals surface area contributed by atoms with Gasteiger partial charge in [0.1, 0.15) is 5.82 Å². The minimum absolute atomic E-state index is 0.299. The van der Waals surface area contributed by atoms with Crippen molar-refractivity contribution in [2.24, 2.45) is 0 Å². The molecule has 2 heterocycles. The van der Waals surface area contributed by atoms with E-state index in [4.69, 9.17) is 9.72 Å². The van der Waals surface area contributed by atoms with Crippen molar-refractivity contribution < 1.29 is 9.53 Å². The standard InChI is InChI=1S/C20H24N2O2/c1-3-24-20(23)19-15(2)21-18(22-12-8-5-9-13-22)14-17(19)16-10-6-4-7-11-16/h4,6-7,10-11,14H,3,5,8-9,12-13H2,1-2H3. The second-order valence-corrected chi connectivity index (χ2v) is 6.12. The van der Waals surface area contributed by atoms with Gasteiger partial charge in [-0.05, 0) is 44.7 Å². The molecule has 0 aliphatic carbocycles. The van der Waals surface area contributed by atoms with Crippen LogP contribution in [0.5, 0.6) is 0 Å². The molecule has 0 radical (unpaired) electrons. The SMILES string of the molecule is CCOC(=O)c1c(-c2ccccc2)cc(N2CCCCC2)nc1C. The third kappa shape index (κ3) is 3.42. The van der Waals surface area contributed by atoms with E-state index in [2.05, 4.69) is 4.90 Å². The number of piperidine rings is 1. The molecular formula is C20H24N2O2. The van der Waals surface area contributed by atoms with E-state index in [1.807, 2.05) is 50.2 Å². The number of ether oxygens (including phenoxy) is 1. The maximum absolute atomic E-state index is 12.5. The quantitative estimate of drug-likeness (QED) is 0.790. The van der Waals surface area contributed by atoms with E-state index in [-0.39, 0.29) is 5.97 Å². The van der Waals surface area contributed by atoms with Crippen molar-refractivity contribution in [3.05, 3.63) is 47.7 Å². The van der Waals surface area contributed by atoms with Crippen LogP contribution in [-0.4, -0.2) is 30.6 Å². The van der Waals surface area contributed by atoms with Gasteiger partial charge < -0.3 is 9.64 Å². The number of carbonyl (C=O) groups is 1. The Morgan fingerprint density at radius 1 is 1.17 bits per heavy atom. The zero-order valence-electron chi connectivity index (χ0n) is 14.4. The fourth-order valence-corrected chi connectivity index (χ4v) is 3.25. The number of anilines is 1. The number of nitrogens with zero attached hydrogens (tertiary/aromatic N) is 2. The lowest BCUT2D eigenvalue weighted by Gasteiger charge is -2.29. The molecule has 1 aromatic carbocycles. The van der Waals surface area contributed by atoms with Crippen molar-refractivity contribution in [1.82, 2.24) is 4.98 Å². The smallest absolute Gasteiger partial charge is 0.340 e. The van der Waals surface area contributed by atoms with Gasteiger partial charge in [-0.1, -0.05) is 30.3 Å². The van der Waals surface area contributed by atoms with Crippen LogP contribution in [0.2, 0.25) is 0 Å². The van der Waals surface area contributed by atoms with Crippen LogP contribution in [0, 0.1) is 6.92 Å². The van der Waals surface area contributed by atoms with Gasteiger partial charge in [-0.3, -0.25) is 0 Å². The molecule has 0 atom stereocenters. The second kappa shape index (κ2) is 7.47. The Labute approximate surface area is 143 Å². The topological polar surface area (TPSA) is 42.4 Å². The Hall–Kier alpha value is -2.36. The Balaban J connectivity index is 2.10. The summed E-state index contributed by atoms with van der Waals surface area (Å²) in [5.74, 6) is 0.658. The summed E-state index contributed by atoms with van der Waals surface area (Å²) in [6.07, 6.45) is 3.67. The van der Waals surface area contributed by atoms with Crippen LogP contribution in [-0.2, 0) is 4.74 Å². The van der Waals surface area contributed by atoms with Gasteiger partial charge in [0.05, 0.1) is 17.9 Å². The number of benzene rings is 1. The van der Waals surface area contributed by atoms with Crippen LogP contribution >= 0.6 is 0 Å². The Bertz CT molecular complexity index is 707. The van der Waals surface area contributed by atoms with Crippen LogP contribution in [0.25, 0.3) is 11.1 Å². The summed E-state index contributed by atoms with van der Waals surface area (Å²) >= 11 is 0. The maximum atomic E-state index is 12.5. The van der Waals surface area contributed by atoms with Gasteiger partial charge in [-0.15, -0.1) is 0 Å². The normalized spacial score (nSPS) is 14.5. The highest BCUT2D eigenvalue weighted by atomic mass is 16.5. The molecule has 24 heavy (non-hydrogen) atoms. The lowest BCUT2D eigenvalue weighted by atomic mass is 9.98. The van der Waals surface area contributed by atoms with Crippen LogP contribution in [0.1, 0.15) is 42.2 Å². The molecule has 126 valence electrons. The van der Waals surface area contributed by atoms with Crippen molar-refractivity contribution >= 4 is 11.8 Å². The molecule has 1 aliphatic heterocycles. The van der Waals surface area contributed by atoms with Crippen LogP contribution in [0.15, 0.2) is 36.4 Å². The van der Waals surface area contributed by atoms with Gasteiger partial charge in [0, 0.05) is 18.7 Å². The first kappa shape index (κ1) is 16.5. The Morgan fingerprint density at radius 3 is 2.54 bits per heavy atom. The third-order valence-corrected chi connectivity index (χ3v) is 4.43. The fraction of sp³-hybridized carbons (Fsp3) is 0.400. The average Bonchev–Trinajstić information content (AvgIpc) is 2.62. The molecule has 0 saturated carbocycles. The predicted octanol–water partition coefficient (Wildman–Crippen LogP) is 4.22. The van der Waals surface area contributed by atoms with Crippen LogP contribution in [0.4, 0.5) is 5.82 Å². The average molecular weight is 324 g/mol. The second-order valence-electron chi connectivity index (χ2n) is 6.12. The van der Waals surface area contributed by atoms with E-state index >= 15 is 0 Å². The van der Waals surface area contributed by atoms with Gasteiger partial charge >= 0.3 is 5.97 Å². The Kier molecular flexibility index (Phi) is 5.14. The number of hydrogen-bond donors (Lipinski definition) is 0. The van der Waals surface area contributed by atoms with Crippen LogP contribution < -0.4 is 4.90 Å². The lowest BCUT2D eigenvalue weighted by molar-refractivity contribution is 0.0526. The largest absolute Gasteiger partial charge is 0.462 e. The molecule has 1 aliphatic rings. The van der Waals surface area contributed by atoms with E-state index < -0.39 is 0 Å². The zero-order chi connectivity index (χ0) is 16.9. The monoisotopic (exact) mass is 324 g/mol. The molecule has 0 amide bonds. The van der Waals surface area contributed by atoms with Crippen LogP contribution in [0.3, 0.4) is 0 Å². The van der Waals surface area contributed by atoms with Crippen molar-refractivity contribution in [2.75, 3.05) is 24.6 Å². The molecule has 0 unspecified atom stereocenters. The minimum Gasteiger partial charge on any atom is -0.462 e. The summed E-state index contributed by atoms with van der Waals surface area (Å²) in [5, 5.41) is 0. The molecule has 1 saturated heterocycles. The van der Waals surface area contributed by atoms with E-state index in [1.165, 1.54) is 19.3 Å². The number of carbonyl (C=O) groups excluding carboxylic acids is 1. The fourth-order valence-electron chi connectivity index (χ4n) is 3.25. The minimum atomic E-state index is -0.299. The molecular weight excluding hydrogens is 300 g/mol. The van der Waals surface area contributed by atoms with Gasteiger partial charge in [-0.25, -0.2) is 9.78 Å². The Morgan fingerprint density at radius 2 is 1.88 bits per heavy atom. The highest BCUT2D eigenvalue weighted by Gasteiger charge is 2.22. The summed E-state index contributed by atoms with van der Waals surface area (Å²) in [4.78, 5) is 19.5. The van der Waals surface area contributed by atoms with Gasteiger partial charge in [-0.2, -0.15) is 0 Å². The number of esters is 1. The van der Waals surface area contributed by atoms with Gasteiger partial charge in [0.15, 0.2) is 0 Å². The highest BCUT2D eigenvalue weighted by molar-refractivity contribution is 5.99. The number of aromatic nitrogens is 1.